The van der Waals surface area contributed by atoms with Gasteiger partial charge >= 0.3 is 0 Å². The standard InChI is InChI=1S/C23H23ClN4O4S/c1-23(2,15-24)22(30)27-16-9-11-17(12-10-16)28-33(31,32)19-7-5-6-18(14-19)26-21(29)20-8-3-4-13-25-20/h3-14,28H,15H2,1-2H3,(H,26,29)(H,27,30). The minimum atomic E-state index is -3.92. The first kappa shape index (κ1) is 24.2. The zero-order chi connectivity index (χ0) is 24.1. The predicted molar refractivity (Wildman–Crippen MR) is 129 cm³/mol. The van der Waals surface area contributed by atoms with Crippen LogP contribution in [0.2, 0.25) is 0 Å². The van der Waals surface area contributed by atoms with E-state index in [-0.39, 0.29) is 22.4 Å². The highest BCUT2D eigenvalue weighted by Crippen LogP contribution is 2.23. The number of hydrogen-bond donors (Lipinski definition) is 3. The van der Waals surface area contributed by atoms with Crippen molar-refractivity contribution in [3.63, 3.8) is 0 Å². The summed E-state index contributed by atoms with van der Waals surface area (Å²) in [6.45, 7) is 3.45. The van der Waals surface area contributed by atoms with Gasteiger partial charge in [-0.3, -0.25) is 19.3 Å². The molecular weight excluding hydrogens is 464 g/mol. The molecule has 3 rings (SSSR count). The second-order valence-corrected chi connectivity index (χ2v) is 9.80. The van der Waals surface area contributed by atoms with E-state index >= 15 is 0 Å². The number of carbonyl (C=O) groups is 2. The minimum Gasteiger partial charge on any atom is -0.326 e. The van der Waals surface area contributed by atoms with Gasteiger partial charge in [0.05, 0.1) is 10.3 Å². The van der Waals surface area contributed by atoms with Crippen LogP contribution in [0.25, 0.3) is 0 Å². The number of aromatic nitrogens is 1. The molecule has 2 amide bonds. The van der Waals surface area contributed by atoms with Crippen LogP contribution in [0.3, 0.4) is 0 Å². The van der Waals surface area contributed by atoms with Crippen molar-refractivity contribution in [2.24, 2.45) is 5.41 Å². The van der Waals surface area contributed by atoms with Crippen LogP contribution in [-0.4, -0.2) is 31.1 Å². The van der Waals surface area contributed by atoms with Crippen molar-refractivity contribution < 1.29 is 18.0 Å². The smallest absolute Gasteiger partial charge is 0.274 e. The third-order valence-electron chi connectivity index (χ3n) is 4.64. The maximum Gasteiger partial charge on any atom is 0.274 e. The predicted octanol–water partition coefficient (Wildman–Crippen LogP) is 4.34. The maximum atomic E-state index is 12.8. The molecule has 0 radical (unpaired) electrons. The lowest BCUT2D eigenvalue weighted by Crippen LogP contribution is -2.32. The Hall–Kier alpha value is -3.43. The molecule has 0 aliphatic heterocycles. The number of halogens is 1. The normalized spacial score (nSPS) is 11.5. The van der Waals surface area contributed by atoms with Crippen LogP contribution in [0, 0.1) is 5.41 Å². The second kappa shape index (κ2) is 10.0. The number of sulfonamides is 1. The van der Waals surface area contributed by atoms with Crippen LogP contribution in [0.4, 0.5) is 17.1 Å². The van der Waals surface area contributed by atoms with Gasteiger partial charge in [0.15, 0.2) is 0 Å². The number of nitrogens with zero attached hydrogens (tertiary/aromatic N) is 1. The number of amides is 2. The Morgan fingerprint density at radius 1 is 0.909 bits per heavy atom. The number of nitrogens with one attached hydrogen (secondary N) is 3. The largest absolute Gasteiger partial charge is 0.326 e. The molecule has 1 aromatic heterocycles. The zero-order valence-electron chi connectivity index (χ0n) is 18.0. The lowest BCUT2D eigenvalue weighted by molar-refractivity contribution is -0.122. The van der Waals surface area contributed by atoms with Crippen molar-refractivity contribution in [3.8, 4) is 0 Å². The van der Waals surface area contributed by atoms with Gasteiger partial charge in [-0.2, -0.15) is 0 Å². The van der Waals surface area contributed by atoms with Gasteiger partial charge in [0, 0.05) is 29.1 Å². The fourth-order valence-corrected chi connectivity index (χ4v) is 3.86. The number of anilines is 3. The van der Waals surface area contributed by atoms with Crippen LogP contribution < -0.4 is 15.4 Å². The number of rotatable bonds is 8. The van der Waals surface area contributed by atoms with E-state index in [1.165, 1.54) is 36.5 Å². The molecule has 3 aromatic rings. The second-order valence-electron chi connectivity index (χ2n) is 7.85. The van der Waals surface area contributed by atoms with E-state index in [4.69, 9.17) is 11.6 Å². The van der Waals surface area contributed by atoms with Gasteiger partial charge in [-0.1, -0.05) is 12.1 Å². The number of pyridine rings is 1. The summed E-state index contributed by atoms with van der Waals surface area (Å²) in [5.41, 5.74) is 0.616. The molecule has 0 fully saturated rings. The molecule has 0 atom stereocenters. The summed E-state index contributed by atoms with van der Waals surface area (Å²) >= 11 is 5.82. The Labute approximate surface area is 197 Å². The molecule has 33 heavy (non-hydrogen) atoms. The third-order valence-corrected chi connectivity index (χ3v) is 6.69. The van der Waals surface area contributed by atoms with Gasteiger partial charge < -0.3 is 10.6 Å². The highest BCUT2D eigenvalue weighted by Gasteiger charge is 2.26. The lowest BCUT2D eigenvalue weighted by atomic mass is 9.95. The van der Waals surface area contributed by atoms with Crippen LogP contribution in [0.15, 0.2) is 77.8 Å². The van der Waals surface area contributed by atoms with Crippen molar-refractivity contribution in [1.82, 2.24) is 4.98 Å². The molecule has 1 heterocycles. The Morgan fingerprint density at radius 3 is 2.24 bits per heavy atom. The molecule has 0 aliphatic rings. The molecule has 2 aromatic carbocycles. The van der Waals surface area contributed by atoms with E-state index in [0.29, 0.717) is 17.1 Å². The monoisotopic (exact) mass is 486 g/mol. The van der Waals surface area contributed by atoms with E-state index < -0.39 is 21.3 Å². The molecule has 0 saturated carbocycles. The zero-order valence-corrected chi connectivity index (χ0v) is 19.6. The summed E-state index contributed by atoms with van der Waals surface area (Å²) in [4.78, 5) is 28.4. The molecule has 0 saturated heterocycles. The van der Waals surface area contributed by atoms with Gasteiger partial charge in [-0.15, -0.1) is 11.6 Å². The van der Waals surface area contributed by atoms with E-state index in [1.54, 1.807) is 50.2 Å². The minimum absolute atomic E-state index is 0.0254. The quantitative estimate of drug-likeness (QED) is 0.409. The van der Waals surface area contributed by atoms with Crippen molar-refractivity contribution in [1.29, 1.82) is 0 Å². The van der Waals surface area contributed by atoms with E-state index in [1.807, 2.05) is 0 Å². The number of hydrogen-bond acceptors (Lipinski definition) is 5. The number of carbonyl (C=O) groups excluding carboxylic acids is 2. The average molecular weight is 487 g/mol. The van der Waals surface area contributed by atoms with Crippen LogP contribution in [0.1, 0.15) is 24.3 Å². The molecule has 10 heteroatoms. The summed E-state index contributed by atoms with van der Waals surface area (Å²) in [5.74, 6) is -0.526. The summed E-state index contributed by atoms with van der Waals surface area (Å²) in [5, 5.41) is 5.38. The fourth-order valence-electron chi connectivity index (χ4n) is 2.63. The van der Waals surface area contributed by atoms with Gasteiger partial charge in [0.25, 0.3) is 15.9 Å². The summed E-state index contributed by atoms with van der Waals surface area (Å²) in [6, 6.07) is 17.1. The Bertz CT molecular complexity index is 1250. The molecular formula is C23H23ClN4O4S. The Morgan fingerprint density at radius 2 is 1.61 bits per heavy atom. The van der Waals surface area contributed by atoms with Crippen molar-refractivity contribution >= 4 is 50.5 Å². The van der Waals surface area contributed by atoms with Crippen molar-refractivity contribution in [2.75, 3.05) is 21.2 Å². The van der Waals surface area contributed by atoms with Crippen LogP contribution in [0.5, 0.6) is 0 Å². The fraction of sp³-hybridized carbons (Fsp3) is 0.174. The van der Waals surface area contributed by atoms with Gasteiger partial charge in [0.1, 0.15) is 5.69 Å². The van der Waals surface area contributed by atoms with E-state index in [9.17, 15) is 18.0 Å². The van der Waals surface area contributed by atoms with Crippen LogP contribution in [-0.2, 0) is 14.8 Å². The Kier molecular flexibility index (Phi) is 7.35. The third kappa shape index (κ3) is 6.30. The molecule has 172 valence electrons. The van der Waals surface area contributed by atoms with Crippen molar-refractivity contribution in [2.45, 2.75) is 18.7 Å². The number of benzene rings is 2. The van der Waals surface area contributed by atoms with Gasteiger partial charge in [0.2, 0.25) is 5.91 Å². The first-order valence-corrected chi connectivity index (χ1v) is 12.0. The number of alkyl halides is 1. The van der Waals surface area contributed by atoms with Crippen LogP contribution >= 0.6 is 11.6 Å². The maximum absolute atomic E-state index is 12.8. The lowest BCUT2D eigenvalue weighted by Gasteiger charge is -2.20. The summed E-state index contributed by atoms with van der Waals surface area (Å²) in [7, 11) is -3.92. The first-order valence-electron chi connectivity index (χ1n) is 9.93. The highest BCUT2D eigenvalue weighted by atomic mass is 35.5. The molecule has 8 nitrogen and oxygen atoms in total. The molecule has 0 spiro atoms. The van der Waals surface area contributed by atoms with E-state index in [0.717, 1.165) is 0 Å². The van der Waals surface area contributed by atoms with E-state index in [2.05, 4.69) is 20.3 Å². The molecule has 3 N–H and O–H groups in total. The highest BCUT2D eigenvalue weighted by molar-refractivity contribution is 7.92. The topological polar surface area (TPSA) is 117 Å². The summed E-state index contributed by atoms with van der Waals surface area (Å²) in [6.07, 6.45) is 1.50. The summed E-state index contributed by atoms with van der Waals surface area (Å²) < 4.78 is 28.1. The first-order chi connectivity index (χ1) is 15.6. The van der Waals surface area contributed by atoms with Gasteiger partial charge in [-0.05, 0) is 68.4 Å². The molecule has 0 unspecified atom stereocenters. The Balaban J connectivity index is 1.70. The van der Waals surface area contributed by atoms with Gasteiger partial charge in [-0.25, -0.2) is 8.42 Å². The van der Waals surface area contributed by atoms with Crippen molar-refractivity contribution in [3.05, 3.63) is 78.6 Å². The molecule has 0 aliphatic carbocycles. The SMILES string of the molecule is CC(C)(CCl)C(=O)Nc1ccc(NS(=O)(=O)c2cccc(NC(=O)c3ccccn3)c2)cc1. The molecule has 0 bridgehead atoms. The average Bonchev–Trinajstić information content (AvgIpc) is 2.81.